The van der Waals surface area contributed by atoms with Gasteiger partial charge in [-0.3, -0.25) is 14.9 Å². The first-order valence-electron chi connectivity index (χ1n) is 9.62. The Kier molecular flexibility index (Phi) is 5.44. The van der Waals surface area contributed by atoms with Crippen molar-refractivity contribution in [3.63, 3.8) is 0 Å². The molecule has 0 spiro atoms. The van der Waals surface area contributed by atoms with Crippen LogP contribution in [0.3, 0.4) is 0 Å². The van der Waals surface area contributed by atoms with Gasteiger partial charge in [0.15, 0.2) is 10.8 Å². The average Bonchev–Trinajstić information content (AvgIpc) is 3.34. The van der Waals surface area contributed by atoms with Gasteiger partial charge in [-0.1, -0.05) is 53.7 Å². The van der Waals surface area contributed by atoms with Gasteiger partial charge in [-0.15, -0.1) is 0 Å². The van der Waals surface area contributed by atoms with Crippen LogP contribution in [0.1, 0.15) is 51.6 Å². The number of hydrogen-bond acceptors (Lipinski definition) is 6. The number of amides is 2. The van der Waals surface area contributed by atoms with Gasteiger partial charge in [-0.05, 0) is 18.9 Å². The molecule has 1 aliphatic rings. The minimum atomic E-state index is -0.351. The van der Waals surface area contributed by atoms with E-state index in [0.29, 0.717) is 30.4 Å². The highest BCUT2D eigenvalue weighted by Crippen LogP contribution is 2.31. The molecule has 0 saturated carbocycles. The average molecular weight is 410 g/mol. The lowest BCUT2D eigenvalue weighted by atomic mass is 9.94. The lowest BCUT2D eigenvalue weighted by Crippen LogP contribution is -2.38. The number of aromatic nitrogens is 2. The molecular formula is C21H22N4O3S. The Morgan fingerprint density at radius 2 is 2.10 bits per heavy atom. The van der Waals surface area contributed by atoms with E-state index in [1.165, 1.54) is 11.3 Å². The van der Waals surface area contributed by atoms with E-state index in [0.717, 1.165) is 22.6 Å². The first kappa shape index (κ1) is 19.3. The molecule has 0 bridgehead atoms. The van der Waals surface area contributed by atoms with E-state index in [1.807, 2.05) is 42.2 Å². The van der Waals surface area contributed by atoms with Gasteiger partial charge in [-0.2, -0.15) is 0 Å². The number of nitrogens with zero attached hydrogens (tertiary/aromatic N) is 3. The van der Waals surface area contributed by atoms with Crippen molar-refractivity contribution in [3.8, 4) is 0 Å². The van der Waals surface area contributed by atoms with E-state index in [9.17, 15) is 9.59 Å². The Bertz CT molecular complexity index is 1030. The van der Waals surface area contributed by atoms with Crippen LogP contribution in [-0.2, 0) is 17.8 Å². The maximum absolute atomic E-state index is 13.1. The van der Waals surface area contributed by atoms with E-state index < -0.39 is 0 Å². The molecule has 1 N–H and O–H groups in total. The second kappa shape index (κ2) is 8.16. The number of fused-ring (bicyclic) bond motifs is 1. The Balaban J connectivity index is 1.46. The summed E-state index contributed by atoms with van der Waals surface area (Å²) in [4.78, 5) is 32.8. The molecule has 4 rings (SSSR count). The molecule has 150 valence electrons. The molecule has 2 aromatic heterocycles. The van der Waals surface area contributed by atoms with Crippen molar-refractivity contribution in [2.45, 2.75) is 39.2 Å². The van der Waals surface area contributed by atoms with Crippen LogP contribution >= 0.6 is 11.3 Å². The number of hydrogen-bond donors (Lipinski definition) is 1. The molecular weight excluding hydrogens is 388 g/mol. The minimum Gasteiger partial charge on any atom is -0.361 e. The van der Waals surface area contributed by atoms with Gasteiger partial charge in [-0.25, -0.2) is 4.98 Å². The van der Waals surface area contributed by atoms with Crippen LogP contribution in [0.4, 0.5) is 5.13 Å². The second-order valence-corrected chi connectivity index (χ2v) is 8.13. The van der Waals surface area contributed by atoms with Crippen LogP contribution < -0.4 is 5.32 Å². The monoisotopic (exact) mass is 410 g/mol. The van der Waals surface area contributed by atoms with Gasteiger partial charge < -0.3 is 9.42 Å². The Morgan fingerprint density at radius 3 is 2.79 bits per heavy atom. The molecule has 29 heavy (non-hydrogen) atoms. The summed E-state index contributed by atoms with van der Waals surface area (Å²) in [7, 11) is 0. The summed E-state index contributed by atoms with van der Waals surface area (Å²) in [6, 6.07) is 11.5. The molecule has 7 nitrogen and oxygen atoms in total. The minimum absolute atomic E-state index is 0.139. The number of carbonyl (C=O) groups is 2. The predicted octanol–water partition coefficient (Wildman–Crippen LogP) is 3.77. The largest absolute Gasteiger partial charge is 0.361 e. The highest BCUT2D eigenvalue weighted by molar-refractivity contribution is 7.15. The third-order valence-corrected chi connectivity index (χ3v) is 6.03. The molecule has 0 aliphatic carbocycles. The molecule has 8 heteroatoms. The summed E-state index contributed by atoms with van der Waals surface area (Å²) >= 11 is 1.41. The Morgan fingerprint density at radius 1 is 1.31 bits per heavy atom. The van der Waals surface area contributed by atoms with E-state index in [-0.39, 0.29) is 23.4 Å². The van der Waals surface area contributed by atoms with Crippen molar-refractivity contribution in [3.05, 3.63) is 64.0 Å². The zero-order valence-corrected chi connectivity index (χ0v) is 17.2. The summed E-state index contributed by atoms with van der Waals surface area (Å²) in [5, 5.41) is 7.02. The maximum Gasteiger partial charge on any atom is 0.279 e. The van der Waals surface area contributed by atoms with Crippen LogP contribution in [0.2, 0.25) is 0 Å². The summed E-state index contributed by atoms with van der Waals surface area (Å²) in [6.07, 6.45) is 1.44. The number of aryl methyl sites for hydroxylation is 1. The zero-order chi connectivity index (χ0) is 20.4. The van der Waals surface area contributed by atoms with Crippen molar-refractivity contribution in [2.75, 3.05) is 11.9 Å². The number of rotatable bonds is 5. The lowest BCUT2D eigenvalue weighted by molar-refractivity contribution is -0.133. The van der Waals surface area contributed by atoms with E-state index in [1.54, 1.807) is 13.0 Å². The molecule has 3 heterocycles. The summed E-state index contributed by atoms with van der Waals surface area (Å²) in [5.41, 5.74) is 2.21. The molecule has 0 saturated heterocycles. The zero-order valence-electron chi connectivity index (χ0n) is 16.3. The normalized spacial score (nSPS) is 14.3. The maximum atomic E-state index is 13.1. The first-order chi connectivity index (χ1) is 14.0. The molecule has 1 aliphatic heterocycles. The lowest BCUT2D eigenvalue weighted by Gasteiger charge is -2.29. The third kappa shape index (κ3) is 4.07. The fraction of sp³-hybridized carbons (Fsp3) is 0.333. The van der Waals surface area contributed by atoms with Crippen LogP contribution in [0.25, 0.3) is 0 Å². The molecule has 2 amide bonds. The molecule has 3 aromatic rings. The van der Waals surface area contributed by atoms with Crippen LogP contribution in [0, 0.1) is 6.92 Å². The smallest absolute Gasteiger partial charge is 0.279 e. The Labute approximate surface area is 172 Å². The quantitative estimate of drug-likeness (QED) is 0.692. The number of thiazole rings is 1. The van der Waals surface area contributed by atoms with Gasteiger partial charge in [0.2, 0.25) is 5.91 Å². The number of nitrogens with one attached hydrogen (secondary N) is 1. The second-order valence-electron chi connectivity index (χ2n) is 7.05. The van der Waals surface area contributed by atoms with Crippen LogP contribution in [0.5, 0.6) is 0 Å². The molecule has 1 aromatic carbocycles. The van der Waals surface area contributed by atoms with Gasteiger partial charge >= 0.3 is 0 Å². The van der Waals surface area contributed by atoms with Crippen molar-refractivity contribution >= 4 is 28.3 Å². The third-order valence-electron chi connectivity index (χ3n) is 5.03. The van der Waals surface area contributed by atoms with Crippen LogP contribution in [0.15, 0.2) is 40.9 Å². The van der Waals surface area contributed by atoms with Gasteiger partial charge in [0, 0.05) is 23.9 Å². The van der Waals surface area contributed by atoms with Crippen molar-refractivity contribution in [1.82, 2.24) is 15.0 Å². The van der Waals surface area contributed by atoms with Crippen molar-refractivity contribution in [2.24, 2.45) is 0 Å². The van der Waals surface area contributed by atoms with Gasteiger partial charge in [0.05, 0.1) is 18.2 Å². The summed E-state index contributed by atoms with van der Waals surface area (Å²) in [6.45, 7) is 4.93. The topological polar surface area (TPSA) is 88.3 Å². The van der Waals surface area contributed by atoms with Crippen molar-refractivity contribution < 1.29 is 14.1 Å². The standard InChI is InChI=1S/C21H22N4O3S/c1-3-15(14-7-5-4-6-8-14)20(27)25-10-9-16-18(12-25)29-21(22-16)23-19(26)17-11-13(2)28-24-17/h4-8,11,15H,3,9-10,12H2,1-2H3,(H,22,23,26). The fourth-order valence-corrected chi connectivity index (χ4v) is 4.55. The highest BCUT2D eigenvalue weighted by atomic mass is 32.1. The SMILES string of the molecule is CCC(C(=O)N1CCc2nc(NC(=O)c3cc(C)on3)sc2C1)c1ccccc1. The molecule has 1 unspecified atom stereocenters. The number of benzene rings is 1. The summed E-state index contributed by atoms with van der Waals surface area (Å²) in [5.74, 6) is 0.226. The van der Waals surface area contributed by atoms with Crippen LogP contribution in [-0.4, -0.2) is 33.4 Å². The number of anilines is 1. The van der Waals surface area contributed by atoms with E-state index >= 15 is 0 Å². The predicted molar refractivity (Wildman–Crippen MR) is 110 cm³/mol. The molecule has 1 atom stereocenters. The number of carbonyl (C=O) groups excluding carboxylic acids is 2. The fourth-order valence-electron chi connectivity index (χ4n) is 3.53. The Hall–Kier alpha value is -3.00. The van der Waals surface area contributed by atoms with Gasteiger partial charge in [0.1, 0.15) is 5.76 Å². The summed E-state index contributed by atoms with van der Waals surface area (Å²) < 4.78 is 4.94. The van der Waals surface area contributed by atoms with E-state index in [4.69, 9.17) is 4.52 Å². The van der Waals surface area contributed by atoms with Crippen molar-refractivity contribution in [1.29, 1.82) is 0 Å². The van der Waals surface area contributed by atoms with Gasteiger partial charge in [0.25, 0.3) is 5.91 Å². The van der Waals surface area contributed by atoms with E-state index in [2.05, 4.69) is 15.5 Å². The molecule has 0 fully saturated rings. The first-order valence-corrected chi connectivity index (χ1v) is 10.4. The highest BCUT2D eigenvalue weighted by Gasteiger charge is 2.29. The molecule has 0 radical (unpaired) electrons.